The molecule has 0 saturated carbocycles. The molecule has 0 unspecified atom stereocenters. The SMILES string of the molecule is Bc1cc(S(=O)(=O)N2CCN(c3cnn(-c4ccccc4)c(=O)c3NCCCOC(C)C)CC2)cnc1Cl. The van der Waals surface area contributed by atoms with Crippen LogP contribution in [0.4, 0.5) is 11.4 Å². The number of ether oxygens (including phenoxy) is 1. The van der Waals surface area contributed by atoms with Crippen molar-refractivity contribution in [1.29, 1.82) is 0 Å². The Morgan fingerprint density at radius 1 is 1.13 bits per heavy atom. The number of hydrogen-bond donors (Lipinski definition) is 1. The first-order valence-corrected chi connectivity index (χ1v) is 14.4. The number of anilines is 2. The number of para-hydroxylation sites is 1. The molecule has 3 aromatic rings. The van der Waals surface area contributed by atoms with Gasteiger partial charge in [0.15, 0.2) is 0 Å². The van der Waals surface area contributed by atoms with Crippen LogP contribution in [0.2, 0.25) is 5.15 Å². The maximum atomic E-state index is 13.5. The van der Waals surface area contributed by atoms with Crippen molar-refractivity contribution < 1.29 is 13.2 Å². The Morgan fingerprint density at radius 3 is 2.50 bits per heavy atom. The Balaban J connectivity index is 1.54. The van der Waals surface area contributed by atoms with Gasteiger partial charge in [-0.25, -0.2) is 13.4 Å². The summed E-state index contributed by atoms with van der Waals surface area (Å²) in [5, 5.41) is 8.00. The minimum Gasteiger partial charge on any atom is -0.379 e. The fraction of sp³-hybridized carbons (Fsp3) is 0.400. The second kappa shape index (κ2) is 12.3. The molecular formula is C25H32BClN6O4S. The minimum atomic E-state index is -3.72. The molecule has 1 aromatic carbocycles. The number of benzene rings is 1. The lowest BCUT2D eigenvalue weighted by Gasteiger charge is -2.36. The first kappa shape index (κ1) is 28.1. The van der Waals surface area contributed by atoms with Gasteiger partial charge in [0.1, 0.15) is 23.6 Å². The molecule has 0 aliphatic carbocycles. The predicted octanol–water partition coefficient (Wildman–Crippen LogP) is 1.28. The first-order valence-electron chi connectivity index (χ1n) is 12.6. The van der Waals surface area contributed by atoms with E-state index in [4.69, 9.17) is 16.3 Å². The summed E-state index contributed by atoms with van der Waals surface area (Å²) in [6, 6.07) is 10.8. The Bertz CT molecular complexity index is 1410. The lowest BCUT2D eigenvalue weighted by molar-refractivity contribution is 0.0787. The van der Waals surface area contributed by atoms with Crippen LogP contribution in [0, 0.1) is 0 Å². The van der Waals surface area contributed by atoms with Crippen LogP contribution >= 0.6 is 11.6 Å². The van der Waals surface area contributed by atoms with E-state index in [1.807, 2.05) is 49.1 Å². The van der Waals surface area contributed by atoms with E-state index in [-0.39, 0.29) is 34.8 Å². The monoisotopic (exact) mass is 558 g/mol. The summed E-state index contributed by atoms with van der Waals surface area (Å²) in [6.07, 6.45) is 3.82. The highest BCUT2D eigenvalue weighted by atomic mass is 35.5. The molecule has 10 nitrogen and oxygen atoms in total. The molecular weight excluding hydrogens is 527 g/mol. The van der Waals surface area contributed by atoms with Crippen LogP contribution in [0.25, 0.3) is 5.69 Å². The van der Waals surface area contributed by atoms with Crippen molar-refractivity contribution in [3.8, 4) is 5.69 Å². The van der Waals surface area contributed by atoms with Gasteiger partial charge in [0.25, 0.3) is 5.56 Å². The molecule has 0 atom stereocenters. The maximum absolute atomic E-state index is 13.5. The molecule has 1 aliphatic rings. The molecule has 2 aromatic heterocycles. The topological polar surface area (TPSA) is 110 Å². The molecule has 1 N–H and O–H groups in total. The van der Waals surface area contributed by atoms with Crippen molar-refractivity contribution >= 4 is 46.3 Å². The van der Waals surface area contributed by atoms with Crippen LogP contribution in [0.5, 0.6) is 0 Å². The summed E-state index contributed by atoms with van der Waals surface area (Å²) >= 11 is 5.98. The maximum Gasteiger partial charge on any atom is 0.296 e. The number of sulfonamides is 1. The molecule has 4 rings (SSSR count). The highest BCUT2D eigenvalue weighted by Crippen LogP contribution is 2.25. The van der Waals surface area contributed by atoms with E-state index >= 15 is 0 Å². The fourth-order valence-electron chi connectivity index (χ4n) is 4.20. The van der Waals surface area contributed by atoms with Gasteiger partial charge >= 0.3 is 0 Å². The molecule has 3 heterocycles. The summed E-state index contributed by atoms with van der Waals surface area (Å²) < 4.78 is 34.8. The van der Waals surface area contributed by atoms with Gasteiger partial charge in [0.05, 0.1) is 23.7 Å². The molecule has 1 fully saturated rings. The standard InChI is InChI=1S/C25H32BClN6O4S/c1-18(2)37-14-6-9-28-23-22(17-30-33(25(23)34)19-7-4-3-5-8-19)31-10-12-32(13-11-31)38(35,36)20-15-21(26)24(27)29-16-20/h3-5,7-8,15-18,28H,6,9-14,26H2,1-2H3. The van der Waals surface area contributed by atoms with Crippen LogP contribution in [0.1, 0.15) is 20.3 Å². The molecule has 38 heavy (non-hydrogen) atoms. The van der Waals surface area contributed by atoms with Crippen molar-refractivity contribution in [3.63, 3.8) is 0 Å². The molecule has 202 valence electrons. The quantitative estimate of drug-likeness (QED) is 0.225. The number of nitrogens with one attached hydrogen (secondary N) is 1. The summed E-state index contributed by atoms with van der Waals surface area (Å²) in [5.74, 6) is 0. The number of nitrogens with zero attached hydrogens (tertiary/aromatic N) is 5. The third-order valence-electron chi connectivity index (χ3n) is 6.24. The Kier molecular flexibility index (Phi) is 9.09. The average molecular weight is 559 g/mol. The van der Waals surface area contributed by atoms with E-state index in [0.29, 0.717) is 48.8 Å². The number of hydrogen-bond acceptors (Lipinski definition) is 8. The molecule has 0 amide bonds. The zero-order valence-corrected chi connectivity index (χ0v) is 23.4. The largest absolute Gasteiger partial charge is 0.379 e. The van der Waals surface area contributed by atoms with Crippen LogP contribution in [-0.4, -0.2) is 80.8 Å². The van der Waals surface area contributed by atoms with Crippen LogP contribution in [-0.2, 0) is 14.8 Å². The van der Waals surface area contributed by atoms with Gasteiger partial charge in [0, 0.05) is 45.5 Å². The van der Waals surface area contributed by atoms with Crippen molar-refractivity contribution in [3.05, 3.63) is 64.3 Å². The van der Waals surface area contributed by atoms with Crippen LogP contribution < -0.4 is 21.2 Å². The van der Waals surface area contributed by atoms with Crippen LogP contribution in [0.15, 0.2) is 58.5 Å². The van der Waals surface area contributed by atoms with Gasteiger partial charge in [-0.15, -0.1) is 0 Å². The summed E-state index contributed by atoms with van der Waals surface area (Å²) in [6.45, 7) is 6.41. The molecule has 0 bridgehead atoms. The minimum absolute atomic E-state index is 0.117. The highest BCUT2D eigenvalue weighted by Gasteiger charge is 2.30. The van der Waals surface area contributed by atoms with Crippen molar-refractivity contribution in [2.24, 2.45) is 0 Å². The second-order valence-electron chi connectivity index (χ2n) is 9.33. The zero-order chi connectivity index (χ0) is 27.3. The Hall–Kier alpha value is -2.93. The van der Waals surface area contributed by atoms with Crippen molar-refractivity contribution in [2.75, 3.05) is 49.5 Å². The van der Waals surface area contributed by atoms with E-state index in [1.165, 1.54) is 21.3 Å². The molecule has 13 heteroatoms. The van der Waals surface area contributed by atoms with E-state index < -0.39 is 10.0 Å². The second-order valence-corrected chi connectivity index (χ2v) is 11.6. The Morgan fingerprint density at radius 2 is 1.84 bits per heavy atom. The summed E-state index contributed by atoms with van der Waals surface area (Å²) in [5.41, 5.74) is 2.08. The van der Waals surface area contributed by atoms with Gasteiger partial charge in [-0.3, -0.25) is 4.79 Å². The molecule has 0 spiro atoms. The number of aromatic nitrogens is 3. The lowest BCUT2D eigenvalue weighted by Crippen LogP contribution is -2.49. The van der Waals surface area contributed by atoms with Crippen molar-refractivity contribution in [2.45, 2.75) is 31.3 Å². The van der Waals surface area contributed by atoms with Crippen molar-refractivity contribution in [1.82, 2.24) is 19.1 Å². The van der Waals surface area contributed by atoms with Gasteiger partial charge in [-0.2, -0.15) is 14.1 Å². The number of pyridine rings is 1. The third kappa shape index (κ3) is 6.37. The highest BCUT2D eigenvalue weighted by molar-refractivity contribution is 7.89. The molecule has 1 aliphatic heterocycles. The number of halogens is 1. The predicted molar refractivity (Wildman–Crippen MR) is 152 cm³/mol. The normalized spacial score (nSPS) is 14.7. The van der Waals surface area contributed by atoms with Crippen LogP contribution in [0.3, 0.4) is 0 Å². The van der Waals surface area contributed by atoms with Gasteiger partial charge in [-0.05, 0) is 38.5 Å². The first-order chi connectivity index (χ1) is 18.2. The summed E-state index contributed by atoms with van der Waals surface area (Å²) in [7, 11) is -2.00. The van der Waals surface area contributed by atoms with Gasteiger partial charge < -0.3 is 15.0 Å². The fourth-order valence-corrected chi connectivity index (χ4v) is 5.76. The summed E-state index contributed by atoms with van der Waals surface area (Å²) in [4.78, 5) is 19.6. The Labute approximate surface area is 229 Å². The van der Waals surface area contributed by atoms with Gasteiger partial charge in [0.2, 0.25) is 10.0 Å². The molecule has 0 radical (unpaired) electrons. The number of rotatable bonds is 10. The van der Waals surface area contributed by atoms with E-state index in [2.05, 4.69) is 15.4 Å². The number of piperazine rings is 1. The van der Waals surface area contributed by atoms with E-state index in [9.17, 15) is 13.2 Å². The lowest BCUT2D eigenvalue weighted by atomic mass is 9.99. The average Bonchev–Trinajstić information content (AvgIpc) is 2.91. The molecule has 1 saturated heterocycles. The van der Waals surface area contributed by atoms with Gasteiger partial charge in [-0.1, -0.05) is 35.3 Å². The van der Waals surface area contributed by atoms with E-state index in [0.717, 1.165) is 6.42 Å². The third-order valence-corrected chi connectivity index (χ3v) is 8.50. The zero-order valence-electron chi connectivity index (χ0n) is 21.8. The smallest absolute Gasteiger partial charge is 0.296 e. The van der Waals surface area contributed by atoms with E-state index in [1.54, 1.807) is 14.0 Å².